The van der Waals surface area contributed by atoms with Crippen molar-refractivity contribution in [3.05, 3.63) is 54.7 Å². The zero-order valence-electron chi connectivity index (χ0n) is 9.17. The zero-order chi connectivity index (χ0) is 11.7. The van der Waals surface area contributed by atoms with Crippen molar-refractivity contribution in [1.29, 1.82) is 0 Å². The lowest BCUT2D eigenvalue weighted by Gasteiger charge is -2.02. The van der Waals surface area contributed by atoms with Gasteiger partial charge in [0.25, 0.3) is 0 Å². The van der Waals surface area contributed by atoms with Gasteiger partial charge in [-0.15, -0.1) is 0 Å². The number of nitrogens with two attached hydrogens (primary N) is 1. The molecule has 0 atom stereocenters. The summed E-state index contributed by atoms with van der Waals surface area (Å²) >= 11 is 0. The Bertz CT molecular complexity index is 660. The van der Waals surface area contributed by atoms with E-state index in [2.05, 4.69) is 9.97 Å². The van der Waals surface area contributed by atoms with Gasteiger partial charge in [0.1, 0.15) is 0 Å². The standard InChI is InChI=1S/C14H11N3/c15-11-7-5-10(6-8-11)14-9-16-12-3-1-2-4-13(12)17-14/h1-9H,15H2. The van der Waals surface area contributed by atoms with E-state index in [1.54, 1.807) is 6.20 Å². The lowest BCUT2D eigenvalue weighted by Crippen LogP contribution is -1.89. The van der Waals surface area contributed by atoms with Crippen LogP contribution < -0.4 is 5.73 Å². The first-order valence-corrected chi connectivity index (χ1v) is 5.41. The lowest BCUT2D eigenvalue weighted by atomic mass is 10.1. The molecule has 1 aromatic heterocycles. The van der Waals surface area contributed by atoms with Gasteiger partial charge in [-0.25, -0.2) is 4.98 Å². The molecule has 3 heteroatoms. The minimum atomic E-state index is 0.752. The summed E-state index contributed by atoms with van der Waals surface area (Å²) in [5.74, 6) is 0. The van der Waals surface area contributed by atoms with Crippen molar-refractivity contribution >= 4 is 16.7 Å². The minimum Gasteiger partial charge on any atom is -0.399 e. The lowest BCUT2D eigenvalue weighted by molar-refractivity contribution is 1.29. The van der Waals surface area contributed by atoms with Crippen molar-refractivity contribution in [1.82, 2.24) is 9.97 Å². The first-order valence-electron chi connectivity index (χ1n) is 5.41. The molecule has 1 heterocycles. The minimum absolute atomic E-state index is 0.752. The SMILES string of the molecule is Nc1ccc(-c2cnc3ccccc3n2)cc1. The van der Waals surface area contributed by atoms with E-state index >= 15 is 0 Å². The van der Waals surface area contributed by atoms with Crippen molar-refractivity contribution < 1.29 is 0 Å². The van der Waals surface area contributed by atoms with Gasteiger partial charge in [-0.2, -0.15) is 0 Å². The van der Waals surface area contributed by atoms with E-state index < -0.39 is 0 Å². The van der Waals surface area contributed by atoms with Crippen molar-refractivity contribution in [2.75, 3.05) is 5.73 Å². The van der Waals surface area contributed by atoms with Crippen LogP contribution in [0.4, 0.5) is 5.69 Å². The molecule has 0 saturated heterocycles. The second kappa shape index (κ2) is 3.87. The maximum absolute atomic E-state index is 5.66. The molecule has 0 fully saturated rings. The average molecular weight is 221 g/mol. The molecule has 3 nitrogen and oxygen atoms in total. The van der Waals surface area contributed by atoms with Gasteiger partial charge in [0.15, 0.2) is 0 Å². The number of nitrogens with zero attached hydrogens (tertiary/aromatic N) is 2. The summed E-state index contributed by atoms with van der Waals surface area (Å²) in [7, 11) is 0. The third kappa shape index (κ3) is 1.83. The molecule has 0 aliphatic carbocycles. The largest absolute Gasteiger partial charge is 0.399 e. The van der Waals surface area contributed by atoms with Crippen LogP contribution >= 0.6 is 0 Å². The number of aromatic nitrogens is 2. The highest BCUT2D eigenvalue weighted by Gasteiger charge is 2.01. The number of hydrogen-bond acceptors (Lipinski definition) is 3. The Kier molecular flexibility index (Phi) is 2.22. The average Bonchev–Trinajstić information content (AvgIpc) is 2.39. The molecule has 82 valence electrons. The molecule has 0 aliphatic heterocycles. The topological polar surface area (TPSA) is 51.8 Å². The monoisotopic (exact) mass is 221 g/mol. The highest BCUT2D eigenvalue weighted by Crippen LogP contribution is 2.19. The van der Waals surface area contributed by atoms with E-state index in [9.17, 15) is 0 Å². The first kappa shape index (κ1) is 9.78. The smallest absolute Gasteiger partial charge is 0.0894 e. The summed E-state index contributed by atoms with van der Waals surface area (Å²) in [6, 6.07) is 15.5. The van der Waals surface area contributed by atoms with E-state index in [0.29, 0.717) is 0 Å². The summed E-state index contributed by atoms with van der Waals surface area (Å²) in [5, 5.41) is 0. The molecule has 2 aromatic carbocycles. The molecular weight excluding hydrogens is 210 g/mol. The molecule has 0 bridgehead atoms. The fourth-order valence-electron chi connectivity index (χ4n) is 1.75. The summed E-state index contributed by atoms with van der Waals surface area (Å²) in [5.41, 5.74) is 10.1. The number of nitrogen functional groups attached to an aromatic ring is 1. The van der Waals surface area contributed by atoms with E-state index in [1.165, 1.54) is 0 Å². The number of para-hydroxylation sites is 2. The molecule has 2 N–H and O–H groups in total. The van der Waals surface area contributed by atoms with Gasteiger partial charge in [0, 0.05) is 11.3 Å². The number of fused-ring (bicyclic) bond motifs is 1. The molecule has 0 saturated carbocycles. The van der Waals surface area contributed by atoms with Crippen LogP contribution in [0.5, 0.6) is 0 Å². The maximum atomic E-state index is 5.66. The predicted octanol–water partition coefficient (Wildman–Crippen LogP) is 2.88. The van der Waals surface area contributed by atoms with E-state index in [-0.39, 0.29) is 0 Å². The van der Waals surface area contributed by atoms with E-state index in [4.69, 9.17) is 5.73 Å². The fourth-order valence-corrected chi connectivity index (χ4v) is 1.75. The van der Waals surface area contributed by atoms with Gasteiger partial charge < -0.3 is 5.73 Å². The Balaban J connectivity index is 2.14. The van der Waals surface area contributed by atoms with Crippen LogP contribution in [0.3, 0.4) is 0 Å². The summed E-state index contributed by atoms with van der Waals surface area (Å²) in [6.07, 6.45) is 1.79. The molecular formula is C14H11N3. The Morgan fingerprint density at radius 3 is 2.29 bits per heavy atom. The molecule has 0 amide bonds. The highest BCUT2D eigenvalue weighted by atomic mass is 14.8. The number of benzene rings is 2. The summed E-state index contributed by atoms with van der Waals surface area (Å²) in [4.78, 5) is 8.96. The van der Waals surface area contributed by atoms with Crippen molar-refractivity contribution in [2.45, 2.75) is 0 Å². The van der Waals surface area contributed by atoms with Crippen molar-refractivity contribution in [3.8, 4) is 11.3 Å². The number of rotatable bonds is 1. The second-order valence-corrected chi connectivity index (χ2v) is 3.87. The second-order valence-electron chi connectivity index (χ2n) is 3.87. The van der Waals surface area contributed by atoms with Crippen molar-refractivity contribution in [3.63, 3.8) is 0 Å². The first-order chi connectivity index (χ1) is 8.33. The van der Waals surface area contributed by atoms with E-state index in [1.807, 2.05) is 48.5 Å². The Morgan fingerprint density at radius 2 is 1.53 bits per heavy atom. The summed E-state index contributed by atoms with van der Waals surface area (Å²) in [6.45, 7) is 0. The molecule has 17 heavy (non-hydrogen) atoms. The molecule has 3 aromatic rings. The Morgan fingerprint density at radius 1 is 0.824 bits per heavy atom. The Labute approximate surface area is 98.9 Å². The normalized spacial score (nSPS) is 10.6. The van der Waals surface area contributed by atoms with Gasteiger partial charge in [-0.1, -0.05) is 24.3 Å². The van der Waals surface area contributed by atoms with Gasteiger partial charge in [-0.3, -0.25) is 4.98 Å². The molecule has 0 radical (unpaired) electrons. The number of anilines is 1. The number of hydrogen-bond donors (Lipinski definition) is 1. The predicted molar refractivity (Wildman–Crippen MR) is 69.4 cm³/mol. The Hall–Kier alpha value is -2.42. The van der Waals surface area contributed by atoms with Crippen LogP contribution in [-0.4, -0.2) is 9.97 Å². The van der Waals surface area contributed by atoms with E-state index in [0.717, 1.165) is 28.0 Å². The van der Waals surface area contributed by atoms with Gasteiger partial charge in [0.05, 0.1) is 22.9 Å². The highest BCUT2D eigenvalue weighted by molar-refractivity contribution is 5.77. The van der Waals surface area contributed by atoms with Crippen LogP contribution in [0.2, 0.25) is 0 Å². The third-order valence-electron chi connectivity index (χ3n) is 2.66. The molecule has 0 unspecified atom stereocenters. The van der Waals surface area contributed by atoms with Crippen LogP contribution in [-0.2, 0) is 0 Å². The zero-order valence-corrected chi connectivity index (χ0v) is 9.17. The molecule has 3 rings (SSSR count). The van der Waals surface area contributed by atoms with Crippen LogP contribution in [0.15, 0.2) is 54.7 Å². The van der Waals surface area contributed by atoms with Crippen LogP contribution in [0, 0.1) is 0 Å². The van der Waals surface area contributed by atoms with Gasteiger partial charge in [0.2, 0.25) is 0 Å². The summed E-state index contributed by atoms with van der Waals surface area (Å²) < 4.78 is 0. The molecule has 0 aliphatic rings. The van der Waals surface area contributed by atoms with Gasteiger partial charge >= 0.3 is 0 Å². The van der Waals surface area contributed by atoms with Crippen LogP contribution in [0.1, 0.15) is 0 Å². The molecule has 0 spiro atoms. The van der Waals surface area contributed by atoms with Crippen LogP contribution in [0.25, 0.3) is 22.3 Å². The van der Waals surface area contributed by atoms with Gasteiger partial charge in [-0.05, 0) is 24.3 Å². The quantitative estimate of drug-likeness (QED) is 0.643. The fraction of sp³-hybridized carbons (Fsp3) is 0. The maximum Gasteiger partial charge on any atom is 0.0894 e. The van der Waals surface area contributed by atoms with Crippen molar-refractivity contribution in [2.24, 2.45) is 0 Å². The third-order valence-corrected chi connectivity index (χ3v) is 2.66.